The van der Waals surface area contributed by atoms with Gasteiger partial charge in [-0.1, -0.05) is 13.8 Å². The van der Waals surface area contributed by atoms with Gasteiger partial charge in [-0.05, 0) is 105 Å². The van der Waals surface area contributed by atoms with Crippen molar-refractivity contribution < 1.29 is 4.74 Å². The fourth-order valence-corrected chi connectivity index (χ4v) is 7.97. The highest BCUT2D eigenvalue weighted by Gasteiger charge is 2.60. The topological polar surface area (TPSA) is 37.9 Å². The molecule has 1 aromatic rings. The van der Waals surface area contributed by atoms with E-state index < -0.39 is 0 Å². The van der Waals surface area contributed by atoms with Crippen molar-refractivity contribution in [2.24, 2.45) is 34.5 Å². The minimum Gasteiger partial charge on any atom is -0.375 e. The number of hydrogen-bond donors (Lipinski definition) is 1. The smallest absolute Gasteiger partial charge is 0.0635 e. The Labute approximate surface area is 158 Å². The molecule has 0 aliphatic heterocycles. The van der Waals surface area contributed by atoms with Gasteiger partial charge in [-0.3, -0.25) is 5.10 Å². The van der Waals surface area contributed by atoms with E-state index in [1.54, 1.807) is 0 Å². The monoisotopic (exact) mass is 356 g/mol. The van der Waals surface area contributed by atoms with Crippen LogP contribution in [0, 0.1) is 34.5 Å². The summed E-state index contributed by atoms with van der Waals surface area (Å²) in [5, 5.41) is 7.64. The van der Waals surface area contributed by atoms with Crippen molar-refractivity contribution in [1.29, 1.82) is 0 Å². The summed E-state index contributed by atoms with van der Waals surface area (Å²) in [6, 6.07) is 0. The third-order valence-electron chi connectivity index (χ3n) is 9.24. The van der Waals surface area contributed by atoms with E-state index in [2.05, 4.69) is 44.1 Å². The summed E-state index contributed by atoms with van der Waals surface area (Å²) < 4.78 is 6.42. The van der Waals surface area contributed by atoms with Crippen molar-refractivity contribution >= 4 is 0 Å². The lowest BCUT2D eigenvalue weighted by Crippen LogP contribution is -2.55. The molecule has 3 saturated carbocycles. The number of nitrogens with zero attached hydrogens (tertiary/aromatic N) is 1. The SMILES string of the molecule is CC(C)O[C@H]1CC[C@H]2C3CC[C@H]4Cc5[nH]ncc5C[C@]4(C)[C@H]3CC[C@]12C. The zero-order valence-corrected chi connectivity index (χ0v) is 17.1. The highest BCUT2D eigenvalue weighted by Crippen LogP contribution is 2.65. The van der Waals surface area contributed by atoms with Crippen LogP contribution in [0.2, 0.25) is 0 Å². The molecule has 0 bridgehead atoms. The first-order valence-corrected chi connectivity index (χ1v) is 11.1. The normalized spacial score (nSPS) is 47.2. The van der Waals surface area contributed by atoms with Crippen molar-refractivity contribution in [3.63, 3.8) is 0 Å². The number of rotatable bonds is 2. The number of aromatic amines is 1. The van der Waals surface area contributed by atoms with Crippen LogP contribution in [-0.4, -0.2) is 22.4 Å². The predicted molar refractivity (Wildman–Crippen MR) is 104 cm³/mol. The summed E-state index contributed by atoms with van der Waals surface area (Å²) in [6.07, 6.45) is 13.8. The van der Waals surface area contributed by atoms with Crippen molar-refractivity contribution in [2.45, 2.75) is 91.3 Å². The average Bonchev–Trinajstić information content (AvgIpc) is 3.16. The van der Waals surface area contributed by atoms with Crippen molar-refractivity contribution in [2.75, 3.05) is 0 Å². The zero-order chi connectivity index (χ0) is 18.1. The quantitative estimate of drug-likeness (QED) is 0.795. The highest BCUT2D eigenvalue weighted by molar-refractivity contribution is 5.25. The first kappa shape index (κ1) is 17.3. The Morgan fingerprint density at radius 2 is 1.88 bits per heavy atom. The highest BCUT2D eigenvalue weighted by atomic mass is 16.5. The lowest BCUT2D eigenvalue weighted by atomic mass is 9.45. The first-order valence-electron chi connectivity index (χ1n) is 11.1. The second-order valence-corrected chi connectivity index (χ2v) is 10.7. The standard InChI is InChI=1S/C23H36N2O/c1-14(2)26-21-8-7-18-17-6-5-16-11-20-15(13-24-25-20)12-23(16,4)19(17)9-10-22(18,21)3/h13-14,16-19,21H,5-12H2,1-4H3,(H,24,25)/t16-,17?,18-,19-,21-,22-,23-/m0/s1. The van der Waals surface area contributed by atoms with E-state index in [1.165, 1.54) is 62.6 Å². The van der Waals surface area contributed by atoms with Gasteiger partial charge in [0.05, 0.1) is 18.4 Å². The molecule has 1 N–H and O–H groups in total. The van der Waals surface area contributed by atoms with Crippen LogP contribution in [0.25, 0.3) is 0 Å². The Morgan fingerprint density at radius 1 is 1.08 bits per heavy atom. The largest absolute Gasteiger partial charge is 0.375 e. The molecule has 0 aromatic carbocycles. The third kappa shape index (κ3) is 2.31. The van der Waals surface area contributed by atoms with E-state index in [0.717, 1.165) is 23.7 Å². The zero-order valence-electron chi connectivity index (χ0n) is 17.1. The Morgan fingerprint density at radius 3 is 2.69 bits per heavy atom. The van der Waals surface area contributed by atoms with Crippen LogP contribution < -0.4 is 0 Å². The number of ether oxygens (including phenoxy) is 1. The maximum Gasteiger partial charge on any atom is 0.0635 e. The summed E-state index contributed by atoms with van der Waals surface area (Å²) in [5.41, 5.74) is 3.84. The summed E-state index contributed by atoms with van der Waals surface area (Å²) in [5.74, 6) is 3.56. The van der Waals surface area contributed by atoms with E-state index in [0.29, 0.717) is 23.0 Å². The van der Waals surface area contributed by atoms with Gasteiger partial charge in [0.1, 0.15) is 0 Å². The molecule has 1 aromatic heterocycles. The first-order chi connectivity index (χ1) is 12.4. The number of nitrogens with one attached hydrogen (secondary N) is 1. The van der Waals surface area contributed by atoms with Crippen LogP contribution in [-0.2, 0) is 17.6 Å². The Hall–Kier alpha value is -0.830. The molecule has 26 heavy (non-hydrogen) atoms. The maximum atomic E-state index is 6.42. The fourth-order valence-electron chi connectivity index (χ4n) is 7.97. The van der Waals surface area contributed by atoms with Gasteiger partial charge in [0.25, 0.3) is 0 Å². The second-order valence-electron chi connectivity index (χ2n) is 10.7. The third-order valence-corrected chi connectivity index (χ3v) is 9.24. The summed E-state index contributed by atoms with van der Waals surface area (Å²) >= 11 is 0. The van der Waals surface area contributed by atoms with Crippen LogP contribution in [0.3, 0.4) is 0 Å². The molecule has 0 spiro atoms. The average molecular weight is 357 g/mol. The molecule has 4 aliphatic carbocycles. The van der Waals surface area contributed by atoms with Crippen LogP contribution in [0.4, 0.5) is 0 Å². The molecule has 0 saturated heterocycles. The molecule has 3 fully saturated rings. The molecule has 1 unspecified atom stereocenters. The molecule has 7 atom stereocenters. The van der Waals surface area contributed by atoms with E-state index in [4.69, 9.17) is 4.74 Å². The maximum absolute atomic E-state index is 6.42. The van der Waals surface area contributed by atoms with E-state index in [-0.39, 0.29) is 0 Å². The Bertz CT molecular complexity index is 682. The Kier molecular flexibility index (Phi) is 3.88. The van der Waals surface area contributed by atoms with Crippen molar-refractivity contribution in [1.82, 2.24) is 10.2 Å². The molecular formula is C23H36N2O. The molecule has 1 heterocycles. The van der Waals surface area contributed by atoms with E-state index in [1.807, 2.05) is 0 Å². The van der Waals surface area contributed by atoms with Crippen LogP contribution in [0.1, 0.15) is 77.5 Å². The van der Waals surface area contributed by atoms with Gasteiger partial charge in [0.15, 0.2) is 0 Å². The molecular weight excluding hydrogens is 320 g/mol. The summed E-state index contributed by atoms with van der Waals surface area (Å²) in [6.45, 7) is 9.61. The number of H-pyrrole nitrogens is 1. The molecule has 3 nitrogen and oxygen atoms in total. The second kappa shape index (κ2) is 5.83. The predicted octanol–water partition coefficient (Wildman–Crippen LogP) is 5.16. The van der Waals surface area contributed by atoms with Crippen LogP contribution in [0.15, 0.2) is 6.20 Å². The van der Waals surface area contributed by atoms with Gasteiger partial charge in [0.2, 0.25) is 0 Å². The number of hydrogen-bond acceptors (Lipinski definition) is 2. The number of fused-ring (bicyclic) bond motifs is 6. The molecule has 3 heteroatoms. The lowest BCUT2D eigenvalue weighted by molar-refractivity contribution is -0.131. The van der Waals surface area contributed by atoms with Crippen LogP contribution in [0.5, 0.6) is 0 Å². The van der Waals surface area contributed by atoms with E-state index in [9.17, 15) is 0 Å². The minimum atomic E-state index is 0.361. The van der Waals surface area contributed by atoms with Crippen molar-refractivity contribution in [3.8, 4) is 0 Å². The molecule has 144 valence electrons. The number of aromatic nitrogens is 2. The van der Waals surface area contributed by atoms with Gasteiger partial charge in [-0.15, -0.1) is 0 Å². The summed E-state index contributed by atoms with van der Waals surface area (Å²) in [4.78, 5) is 0. The van der Waals surface area contributed by atoms with Gasteiger partial charge >= 0.3 is 0 Å². The minimum absolute atomic E-state index is 0.361. The molecule has 5 rings (SSSR count). The van der Waals surface area contributed by atoms with Gasteiger partial charge in [-0.2, -0.15) is 5.10 Å². The Balaban J connectivity index is 1.43. The fraction of sp³-hybridized carbons (Fsp3) is 0.870. The van der Waals surface area contributed by atoms with Crippen LogP contribution >= 0.6 is 0 Å². The molecule has 0 radical (unpaired) electrons. The van der Waals surface area contributed by atoms with Gasteiger partial charge in [-0.25, -0.2) is 0 Å². The molecule has 0 amide bonds. The van der Waals surface area contributed by atoms with E-state index >= 15 is 0 Å². The lowest BCUT2D eigenvalue weighted by Gasteiger charge is -2.60. The van der Waals surface area contributed by atoms with Gasteiger partial charge < -0.3 is 4.74 Å². The van der Waals surface area contributed by atoms with Crippen molar-refractivity contribution in [3.05, 3.63) is 17.5 Å². The summed E-state index contributed by atoms with van der Waals surface area (Å²) in [7, 11) is 0. The molecule has 4 aliphatic rings. The van der Waals surface area contributed by atoms with Gasteiger partial charge in [0, 0.05) is 5.69 Å².